The standard InChI is InChI=1S/C13H20N2OS/c1-14-7-4-11-5-8-15(9-6-11)13(16)12-3-2-10-17-12/h2-3,10-11,14H,4-9H2,1H3. The molecule has 1 saturated heterocycles. The molecule has 0 radical (unpaired) electrons. The minimum Gasteiger partial charge on any atom is -0.338 e. The molecular formula is C13H20N2OS. The Labute approximate surface area is 107 Å². The Hall–Kier alpha value is -0.870. The summed E-state index contributed by atoms with van der Waals surface area (Å²) in [6.07, 6.45) is 3.54. The van der Waals surface area contributed by atoms with Crippen molar-refractivity contribution >= 4 is 17.2 Å². The minimum absolute atomic E-state index is 0.215. The van der Waals surface area contributed by atoms with Gasteiger partial charge in [0.2, 0.25) is 0 Å². The molecule has 1 N–H and O–H groups in total. The van der Waals surface area contributed by atoms with Crippen molar-refractivity contribution in [2.24, 2.45) is 5.92 Å². The summed E-state index contributed by atoms with van der Waals surface area (Å²) >= 11 is 1.54. The predicted octanol–water partition coefficient (Wildman–Crippen LogP) is 2.21. The van der Waals surface area contributed by atoms with Gasteiger partial charge in [-0.05, 0) is 50.2 Å². The fraction of sp³-hybridized carbons (Fsp3) is 0.615. The molecule has 1 fully saturated rings. The van der Waals surface area contributed by atoms with Crippen molar-refractivity contribution in [1.29, 1.82) is 0 Å². The molecule has 0 spiro atoms. The van der Waals surface area contributed by atoms with E-state index in [0.717, 1.165) is 43.3 Å². The van der Waals surface area contributed by atoms with Crippen LogP contribution in [0.3, 0.4) is 0 Å². The summed E-state index contributed by atoms with van der Waals surface area (Å²) in [4.78, 5) is 15.0. The van der Waals surface area contributed by atoms with E-state index in [1.165, 1.54) is 17.8 Å². The van der Waals surface area contributed by atoms with Gasteiger partial charge in [-0.1, -0.05) is 6.07 Å². The maximum Gasteiger partial charge on any atom is 0.263 e. The van der Waals surface area contributed by atoms with Gasteiger partial charge in [0.05, 0.1) is 4.88 Å². The van der Waals surface area contributed by atoms with E-state index in [-0.39, 0.29) is 5.91 Å². The lowest BCUT2D eigenvalue weighted by Crippen LogP contribution is -2.38. The third-order valence-corrected chi connectivity index (χ3v) is 4.29. The number of carbonyl (C=O) groups excluding carboxylic acids is 1. The number of nitrogens with one attached hydrogen (secondary N) is 1. The number of carbonyl (C=O) groups is 1. The van der Waals surface area contributed by atoms with E-state index in [4.69, 9.17) is 0 Å². The lowest BCUT2D eigenvalue weighted by molar-refractivity contribution is 0.0692. The van der Waals surface area contributed by atoms with Gasteiger partial charge >= 0.3 is 0 Å². The molecule has 0 atom stereocenters. The van der Waals surface area contributed by atoms with Crippen molar-refractivity contribution in [1.82, 2.24) is 10.2 Å². The zero-order valence-electron chi connectivity index (χ0n) is 10.3. The van der Waals surface area contributed by atoms with Gasteiger partial charge in [-0.2, -0.15) is 0 Å². The Bertz CT molecular complexity index is 342. The second-order valence-corrected chi connectivity index (χ2v) is 5.55. The molecule has 4 heteroatoms. The molecule has 0 saturated carbocycles. The summed E-state index contributed by atoms with van der Waals surface area (Å²) in [5.41, 5.74) is 0. The van der Waals surface area contributed by atoms with Crippen LogP contribution in [-0.2, 0) is 0 Å². The first-order valence-electron chi connectivity index (χ1n) is 6.28. The molecule has 0 aliphatic carbocycles. The zero-order valence-corrected chi connectivity index (χ0v) is 11.1. The molecule has 1 aromatic heterocycles. The van der Waals surface area contributed by atoms with Gasteiger partial charge in [-0.25, -0.2) is 0 Å². The van der Waals surface area contributed by atoms with Crippen molar-refractivity contribution in [2.45, 2.75) is 19.3 Å². The number of amides is 1. The van der Waals surface area contributed by atoms with Gasteiger partial charge in [0, 0.05) is 13.1 Å². The number of piperidine rings is 1. The van der Waals surface area contributed by atoms with E-state index < -0.39 is 0 Å². The molecule has 0 bridgehead atoms. The highest BCUT2D eigenvalue weighted by Crippen LogP contribution is 2.22. The van der Waals surface area contributed by atoms with Gasteiger partial charge in [-0.15, -0.1) is 11.3 Å². The number of likely N-dealkylation sites (tertiary alicyclic amines) is 1. The quantitative estimate of drug-likeness (QED) is 0.891. The van der Waals surface area contributed by atoms with Crippen molar-refractivity contribution in [2.75, 3.05) is 26.7 Å². The molecule has 17 heavy (non-hydrogen) atoms. The summed E-state index contributed by atoms with van der Waals surface area (Å²) in [5, 5.41) is 5.16. The van der Waals surface area contributed by atoms with E-state index >= 15 is 0 Å². The van der Waals surface area contributed by atoms with Crippen LogP contribution in [0.15, 0.2) is 17.5 Å². The second-order valence-electron chi connectivity index (χ2n) is 4.61. The SMILES string of the molecule is CNCCC1CCN(C(=O)c2cccs2)CC1. The first-order chi connectivity index (χ1) is 8.31. The summed E-state index contributed by atoms with van der Waals surface area (Å²) in [5.74, 6) is 1.00. The number of rotatable bonds is 4. The van der Waals surface area contributed by atoms with Gasteiger partial charge in [0.1, 0.15) is 0 Å². The predicted molar refractivity (Wildman–Crippen MR) is 71.5 cm³/mol. The molecule has 1 amide bonds. The fourth-order valence-corrected chi connectivity index (χ4v) is 3.02. The first kappa shape index (κ1) is 12.6. The highest BCUT2D eigenvalue weighted by molar-refractivity contribution is 7.12. The van der Waals surface area contributed by atoms with Crippen LogP contribution in [0.25, 0.3) is 0 Å². The number of hydrogen-bond acceptors (Lipinski definition) is 3. The topological polar surface area (TPSA) is 32.3 Å². The van der Waals surface area contributed by atoms with Crippen LogP contribution in [0.4, 0.5) is 0 Å². The van der Waals surface area contributed by atoms with E-state index in [0.29, 0.717) is 0 Å². The molecule has 1 aromatic rings. The highest BCUT2D eigenvalue weighted by Gasteiger charge is 2.23. The molecule has 1 aliphatic heterocycles. The number of nitrogens with zero attached hydrogens (tertiary/aromatic N) is 1. The van der Waals surface area contributed by atoms with Crippen LogP contribution < -0.4 is 5.32 Å². The van der Waals surface area contributed by atoms with Gasteiger partial charge in [-0.3, -0.25) is 4.79 Å². The highest BCUT2D eigenvalue weighted by atomic mass is 32.1. The van der Waals surface area contributed by atoms with Crippen LogP contribution >= 0.6 is 11.3 Å². The van der Waals surface area contributed by atoms with Gasteiger partial charge < -0.3 is 10.2 Å². The molecule has 2 rings (SSSR count). The van der Waals surface area contributed by atoms with Crippen LogP contribution in [0.5, 0.6) is 0 Å². The van der Waals surface area contributed by atoms with E-state index in [2.05, 4.69) is 5.32 Å². The van der Waals surface area contributed by atoms with Gasteiger partial charge in [0.25, 0.3) is 5.91 Å². The second kappa shape index (κ2) is 6.17. The van der Waals surface area contributed by atoms with E-state index in [1.807, 2.05) is 29.5 Å². The van der Waals surface area contributed by atoms with Crippen LogP contribution in [0.1, 0.15) is 28.9 Å². The van der Waals surface area contributed by atoms with Crippen LogP contribution in [0.2, 0.25) is 0 Å². The average molecular weight is 252 g/mol. The van der Waals surface area contributed by atoms with E-state index in [1.54, 1.807) is 0 Å². The van der Waals surface area contributed by atoms with Crippen LogP contribution in [-0.4, -0.2) is 37.5 Å². The summed E-state index contributed by atoms with van der Waals surface area (Å²) in [6, 6.07) is 3.86. The smallest absolute Gasteiger partial charge is 0.263 e. The molecule has 94 valence electrons. The third-order valence-electron chi connectivity index (χ3n) is 3.44. The Morgan fingerprint density at radius 1 is 1.53 bits per heavy atom. The maximum absolute atomic E-state index is 12.1. The summed E-state index contributed by atoms with van der Waals surface area (Å²) < 4.78 is 0. The zero-order chi connectivity index (χ0) is 12.1. The van der Waals surface area contributed by atoms with Crippen LogP contribution in [0, 0.1) is 5.92 Å². The molecule has 3 nitrogen and oxygen atoms in total. The summed E-state index contributed by atoms with van der Waals surface area (Å²) in [7, 11) is 2.00. The maximum atomic E-state index is 12.1. The monoisotopic (exact) mass is 252 g/mol. The average Bonchev–Trinajstić information content (AvgIpc) is 2.90. The first-order valence-corrected chi connectivity index (χ1v) is 7.16. The summed E-state index contributed by atoms with van der Waals surface area (Å²) in [6.45, 7) is 2.93. The lowest BCUT2D eigenvalue weighted by Gasteiger charge is -2.31. The van der Waals surface area contributed by atoms with Crippen molar-refractivity contribution in [3.63, 3.8) is 0 Å². The minimum atomic E-state index is 0.215. The molecular weight excluding hydrogens is 232 g/mol. The van der Waals surface area contributed by atoms with Crippen molar-refractivity contribution in [3.05, 3.63) is 22.4 Å². The normalized spacial score (nSPS) is 17.4. The third kappa shape index (κ3) is 3.30. The lowest BCUT2D eigenvalue weighted by atomic mass is 9.93. The van der Waals surface area contributed by atoms with Gasteiger partial charge in [0.15, 0.2) is 0 Å². The molecule has 1 aliphatic rings. The van der Waals surface area contributed by atoms with Crippen molar-refractivity contribution in [3.8, 4) is 0 Å². The fourth-order valence-electron chi connectivity index (χ4n) is 2.33. The van der Waals surface area contributed by atoms with Crippen molar-refractivity contribution < 1.29 is 4.79 Å². The Morgan fingerprint density at radius 2 is 2.29 bits per heavy atom. The Kier molecular flexibility index (Phi) is 4.57. The number of hydrogen-bond donors (Lipinski definition) is 1. The Morgan fingerprint density at radius 3 is 2.88 bits per heavy atom. The molecule has 0 aromatic carbocycles. The largest absolute Gasteiger partial charge is 0.338 e. The van der Waals surface area contributed by atoms with E-state index in [9.17, 15) is 4.79 Å². The Balaban J connectivity index is 1.81. The number of thiophene rings is 1. The molecule has 0 unspecified atom stereocenters. The molecule has 2 heterocycles.